The SMILES string of the molecule is COC(=O)[C@H](CC(C)C)NC(=O)CCC(NC(=O)c1ccccc1)C(C)(C)C(=O)OC. The van der Waals surface area contributed by atoms with Gasteiger partial charge in [0, 0.05) is 18.0 Å². The molecule has 0 aromatic heterocycles. The number of carbonyl (C=O) groups excluding carboxylic acids is 4. The van der Waals surface area contributed by atoms with Gasteiger partial charge < -0.3 is 20.1 Å². The van der Waals surface area contributed by atoms with Gasteiger partial charge in [-0.15, -0.1) is 0 Å². The third-order valence-electron chi connectivity index (χ3n) is 5.11. The molecule has 1 aromatic carbocycles. The van der Waals surface area contributed by atoms with E-state index in [1.54, 1.807) is 44.2 Å². The van der Waals surface area contributed by atoms with Gasteiger partial charge in [0.1, 0.15) is 6.04 Å². The van der Waals surface area contributed by atoms with Crippen molar-refractivity contribution in [1.29, 1.82) is 0 Å². The molecule has 2 N–H and O–H groups in total. The van der Waals surface area contributed by atoms with Crippen molar-refractivity contribution in [2.75, 3.05) is 14.2 Å². The third kappa shape index (κ3) is 8.03. The van der Waals surface area contributed by atoms with E-state index < -0.39 is 29.4 Å². The molecule has 0 aliphatic carbocycles. The van der Waals surface area contributed by atoms with Crippen LogP contribution in [-0.2, 0) is 23.9 Å². The molecule has 2 amide bonds. The summed E-state index contributed by atoms with van der Waals surface area (Å²) in [5.41, 5.74) is -0.626. The van der Waals surface area contributed by atoms with Crippen LogP contribution in [0.5, 0.6) is 0 Å². The third-order valence-corrected chi connectivity index (χ3v) is 5.11. The van der Waals surface area contributed by atoms with Crippen LogP contribution in [0.25, 0.3) is 0 Å². The summed E-state index contributed by atoms with van der Waals surface area (Å²) in [7, 11) is 2.55. The molecule has 0 radical (unpaired) electrons. The Hall–Kier alpha value is -2.90. The predicted octanol–water partition coefficient (Wildman–Crippen LogP) is 2.47. The Morgan fingerprint density at radius 2 is 1.58 bits per heavy atom. The molecule has 8 nitrogen and oxygen atoms in total. The highest BCUT2D eigenvalue weighted by Gasteiger charge is 2.39. The lowest BCUT2D eigenvalue weighted by atomic mass is 9.81. The number of amides is 2. The molecule has 0 spiro atoms. The van der Waals surface area contributed by atoms with E-state index in [0.717, 1.165) is 0 Å². The zero-order valence-electron chi connectivity index (χ0n) is 19.2. The van der Waals surface area contributed by atoms with Crippen molar-refractivity contribution in [1.82, 2.24) is 10.6 Å². The summed E-state index contributed by atoms with van der Waals surface area (Å²) in [6.45, 7) is 7.19. The molecule has 1 unspecified atom stereocenters. The van der Waals surface area contributed by atoms with E-state index in [4.69, 9.17) is 9.47 Å². The minimum absolute atomic E-state index is 0.00570. The van der Waals surface area contributed by atoms with E-state index in [-0.39, 0.29) is 30.6 Å². The van der Waals surface area contributed by atoms with Gasteiger partial charge >= 0.3 is 11.9 Å². The van der Waals surface area contributed by atoms with Crippen LogP contribution in [0, 0.1) is 11.3 Å². The Labute approximate surface area is 184 Å². The normalized spacial score (nSPS) is 13.1. The van der Waals surface area contributed by atoms with Gasteiger partial charge in [0.2, 0.25) is 5.91 Å². The average Bonchev–Trinajstić information content (AvgIpc) is 2.74. The lowest BCUT2D eigenvalue weighted by Gasteiger charge is -2.32. The lowest BCUT2D eigenvalue weighted by molar-refractivity contribution is -0.152. The van der Waals surface area contributed by atoms with Crippen LogP contribution in [0.1, 0.15) is 57.3 Å². The first kappa shape index (κ1) is 26.1. The molecule has 1 aromatic rings. The molecule has 0 aliphatic heterocycles. The number of carbonyl (C=O) groups is 4. The Morgan fingerprint density at radius 3 is 2.10 bits per heavy atom. The smallest absolute Gasteiger partial charge is 0.328 e. The molecule has 8 heteroatoms. The van der Waals surface area contributed by atoms with Gasteiger partial charge in [-0.25, -0.2) is 4.79 Å². The summed E-state index contributed by atoms with van der Waals surface area (Å²) in [5.74, 6) is -1.55. The number of methoxy groups -OCH3 is 2. The first-order valence-corrected chi connectivity index (χ1v) is 10.3. The van der Waals surface area contributed by atoms with Gasteiger partial charge in [-0.2, -0.15) is 0 Å². The van der Waals surface area contributed by atoms with Crippen molar-refractivity contribution in [2.45, 2.75) is 59.0 Å². The van der Waals surface area contributed by atoms with Crippen LogP contribution in [0.4, 0.5) is 0 Å². The van der Waals surface area contributed by atoms with Crippen LogP contribution in [-0.4, -0.2) is 50.1 Å². The Morgan fingerprint density at radius 1 is 0.968 bits per heavy atom. The van der Waals surface area contributed by atoms with Crippen LogP contribution >= 0.6 is 0 Å². The summed E-state index contributed by atoms with van der Waals surface area (Å²) in [6.07, 6.45) is 0.633. The molecule has 1 rings (SSSR count). The Balaban J connectivity index is 2.91. The Bertz CT molecular complexity index is 761. The van der Waals surface area contributed by atoms with Gasteiger partial charge in [0.15, 0.2) is 0 Å². The van der Waals surface area contributed by atoms with Crippen molar-refractivity contribution >= 4 is 23.8 Å². The molecule has 0 bridgehead atoms. The standard InChI is InChI=1S/C23H34N2O6/c1-15(2)14-17(21(28)30-5)24-19(26)13-12-18(23(3,4)22(29)31-6)25-20(27)16-10-8-7-9-11-16/h7-11,15,17-18H,12-14H2,1-6H3,(H,24,26)(H,25,27)/t17-,18?/m0/s1. The topological polar surface area (TPSA) is 111 Å². The quantitative estimate of drug-likeness (QED) is 0.518. The van der Waals surface area contributed by atoms with Gasteiger partial charge in [0.25, 0.3) is 5.91 Å². The van der Waals surface area contributed by atoms with Crippen molar-refractivity contribution < 1.29 is 28.7 Å². The largest absolute Gasteiger partial charge is 0.469 e. The first-order valence-electron chi connectivity index (χ1n) is 10.3. The predicted molar refractivity (Wildman–Crippen MR) is 116 cm³/mol. The van der Waals surface area contributed by atoms with Crippen molar-refractivity contribution in [3.8, 4) is 0 Å². The first-order chi connectivity index (χ1) is 14.5. The molecule has 0 saturated carbocycles. The number of benzene rings is 1. The minimum atomic E-state index is -1.07. The van der Waals surface area contributed by atoms with Crippen LogP contribution < -0.4 is 10.6 Å². The molecule has 172 valence electrons. The minimum Gasteiger partial charge on any atom is -0.469 e. The molecular weight excluding hydrogens is 400 g/mol. The highest BCUT2D eigenvalue weighted by molar-refractivity contribution is 5.95. The summed E-state index contributed by atoms with van der Waals surface area (Å²) in [4.78, 5) is 49.5. The summed E-state index contributed by atoms with van der Waals surface area (Å²) >= 11 is 0. The van der Waals surface area contributed by atoms with Gasteiger partial charge in [-0.1, -0.05) is 32.0 Å². The summed E-state index contributed by atoms with van der Waals surface area (Å²) in [6, 6.07) is 7.19. The van der Waals surface area contributed by atoms with Crippen molar-refractivity contribution in [3.63, 3.8) is 0 Å². The number of ether oxygens (including phenoxy) is 2. The van der Waals surface area contributed by atoms with Crippen LogP contribution in [0.2, 0.25) is 0 Å². The van der Waals surface area contributed by atoms with E-state index in [2.05, 4.69) is 10.6 Å². The van der Waals surface area contributed by atoms with Crippen LogP contribution in [0.15, 0.2) is 30.3 Å². The van der Waals surface area contributed by atoms with E-state index >= 15 is 0 Å². The maximum absolute atomic E-state index is 12.7. The van der Waals surface area contributed by atoms with Crippen molar-refractivity contribution in [2.24, 2.45) is 11.3 Å². The van der Waals surface area contributed by atoms with E-state index in [1.807, 2.05) is 13.8 Å². The highest BCUT2D eigenvalue weighted by atomic mass is 16.5. The molecule has 0 fully saturated rings. The Kier molecular flexibility index (Phi) is 10.2. The second kappa shape index (κ2) is 12.1. The lowest BCUT2D eigenvalue weighted by Crippen LogP contribution is -2.50. The molecule has 31 heavy (non-hydrogen) atoms. The fraction of sp³-hybridized carbons (Fsp3) is 0.565. The number of hydrogen-bond donors (Lipinski definition) is 2. The number of esters is 2. The zero-order chi connectivity index (χ0) is 23.6. The second-order valence-corrected chi connectivity index (χ2v) is 8.42. The fourth-order valence-electron chi connectivity index (χ4n) is 3.22. The van der Waals surface area contributed by atoms with E-state index in [9.17, 15) is 19.2 Å². The monoisotopic (exact) mass is 434 g/mol. The van der Waals surface area contributed by atoms with E-state index in [1.165, 1.54) is 14.2 Å². The van der Waals surface area contributed by atoms with Crippen molar-refractivity contribution in [3.05, 3.63) is 35.9 Å². The maximum atomic E-state index is 12.7. The molecule has 2 atom stereocenters. The van der Waals surface area contributed by atoms with E-state index in [0.29, 0.717) is 12.0 Å². The molecule has 0 saturated heterocycles. The maximum Gasteiger partial charge on any atom is 0.328 e. The second-order valence-electron chi connectivity index (χ2n) is 8.42. The zero-order valence-corrected chi connectivity index (χ0v) is 19.2. The average molecular weight is 435 g/mol. The van der Waals surface area contributed by atoms with Gasteiger partial charge in [-0.3, -0.25) is 14.4 Å². The highest BCUT2D eigenvalue weighted by Crippen LogP contribution is 2.26. The fourth-order valence-corrected chi connectivity index (χ4v) is 3.22. The summed E-state index contributed by atoms with van der Waals surface area (Å²) < 4.78 is 9.66. The molecular formula is C23H34N2O6. The van der Waals surface area contributed by atoms with Gasteiger partial charge in [-0.05, 0) is 44.7 Å². The number of nitrogens with one attached hydrogen (secondary N) is 2. The number of hydrogen-bond acceptors (Lipinski definition) is 6. The number of rotatable bonds is 11. The molecule has 0 heterocycles. The molecule has 0 aliphatic rings. The van der Waals surface area contributed by atoms with Crippen LogP contribution in [0.3, 0.4) is 0 Å². The summed E-state index contributed by atoms with van der Waals surface area (Å²) in [5, 5.41) is 5.54. The van der Waals surface area contributed by atoms with Gasteiger partial charge in [0.05, 0.1) is 19.6 Å².